The maximum atomic E-state index is 12.4. The van der Waals surface area contributed by atoms with Crippen molar-refractivity contribution in [2.45, 2.75) is 63.2 Å². The largest absolute Gasteiger partial charge is 0.444 e. The number of aromatic amines is 2. The summed E-state index contributed by atoms with van der Waals surface area (Å²) < 4.78 is 11.2. The fourth-order valence-electron chi connectivity index (χ4n) is 2.91. The van der Waals surface area contributed by atoms with Gasteiger partial charge in [-0.25, -0.2) is 9.59 Å². The number of carbonyl (C=O) groups is 1. The predicted molar refractivity (Wildman–Crippen MR) is 101 cm³/mol. The zero-order chi connectivity index (χ0) is 20.5. The molecule has 1 aliphatic heterocycles. The van der Waals surface area contributed by atoms with Crippen molar-refractivity contribution in [3.8, 4) is 0 Å². The number of ether oxygens (including phenoxy) is 1. The summed E-state index contributed by atoms with van der Waals surface area (Å²) >= 11 is 1.19. The number of thioether (sulfide) groups is 1. The lowest BCUT2D eigenvalue weighted by Gasteiger charge is -2.27. The minimum Gasteiger partial charge on any atom is -0.444 e. The standard InChI is InChI=1S/C17H23N5O5S/c1-9-10(12(23)19-14(24)18-9)8-28-15-21-20-13(26-15)11-6-5-7-22(11)16(25)27-17(2,3)4/h11H,5-8H2,1-4H3,(H2,18,19,23,24). The van der Waals surface area contributed by atoms with Crippen molar-refractivity contribution in [2.24, 2.45) is 0 Å². The van der Waals surface area contributed by atoms with Crippen molar-refractivity contribution in [1.82, 2.24) is 25.1 Å². The number of nitrogens with zero attached hydrogens (tertiary/aromatic N) is 3. The number of aryl methyl sites for hydroxylation is 1. The Labute approximate surface area is 165 Å². The van der Waals surface area contributed by atoms with Gasteiger partial charge in [-0.15, -0.1) is 10.2 Å². The van der Waals surface area contributed by atoms with Gasteiger partial charge in [0.1, 0.15) is 11.6 Å². The first kappa shape index (κ1) is 20.2. The molecule has 1 amide bonds. The molecule has 28 heavy (non-hydrogen) atoms. The molecule has 152 valence electrons. The highest BCUT2D eigenvalue weighted by molar-refractivity contribution is 7.98. The maximum absolute atomic E-state index is 12.4. The molecule has 1 aliphatic rings. The van der Waals surface area contributed by atoms with E-state index in [-0.39, 0.29) is 17.0 Å². The van der Waals surface area contributed by atoms with Crippen LogP contribution in [0.3, 0.4) is 0 Å². The van der Waals surface area contributed by atoms with Gasteiger partial charge in [-0.05, 0) is 40.5 Å². The molecular formula is C17H23N5O5S. The van der Waals surface area contributed by atoms with Gasteiger partial charge in [0.05, 0.1) is 0 Å². The first-order valence-electron chi connectivity index (χ1n) is 8.92. The van der Waals surface area contributed by atoms with Crippen molar-refractivity contribution in [2.75, 3.05) is 6.54 Å². The summed E-state index contributed by atoms with van der Waals surface area (Å²) in [4.78, 5) is 41.9. The average Bonchev–Trinajstić information content (AvgIpc) is 3.21. The van der Waals surface area contributed by atoms with E-state index in [1.807, 2.05) is 20.8 Å². The number of nitrogens with one attached hydrogen (secondary N) is 2. The lowest BCUT2D eigenvalue weighted by Crippen LogP contribution is -2.36. The van der Waals surface area contributed by atoms with Crippen LogP contribution in [-0.2, 0) is 10.5 Å². The third-order valence-electron chi connectivity index (χ3n) is 4.18. The monoisotopic (exact) mass is 409 g/mol. The highest BCUT2D eigenvalue weighted by atomic mass is 32.2. The van der Waals surface area contributed by atoms with Crippen LogP contribution in [0, 0.1) is 6.92 Å². The summed E-state index contributed by atoms with van der Waals surface area (Å²) in [5.41, 5.74) is -0.643. The minimum atomic E-state index is -0.582. The van der Waals surface area contributed by atoms with E-state index in [2.05, 4.69) is 20.2 Å². The second kappa shape index (κ2) is 7.82. The highest BCUT2D eigenvalue weighted by Gasteiger charge is 2.36. The van der Waals surface area contributed by atoms with Crippen molar-refractivity contribution in [3.63, 3.8) is 0 Å². The van der Waals surface area contributed by atoms with Crippen LogP contribution in [0.2, 0.25) is 0 Å². The Balaban J connectivity index is 1.69. The van der Waals surface area contributed by atoms with Gasteiger partial charge < -0.3 is 14.1 Å². The topological polar surface area (TPSA) is 134 Å². The molecule has 1 atom stereocenters. The zero-order valence-corrected chi connectivity index (χ0v) is 17.0. The van der Waals surface area contributed by atoms with E-state index in [1.165, 1.54) is 11.8 Å². The zero-order valence-electron chi connectivity index (χ0n) is 16.2. The molecule has 0 aliphatic carbocycles. The van der Waals surface area contributed by atoms with Crippen LogP contribution in [-0.4, -0.2) is 43.3 Å². The summed E-state index contributed by atoms with van der Waals surface area (Å²) in [5.74, 6) is 0.609. The normalized spacial score (nSPS) is 17.1. The number of likely N-dealkylation sites (tertiary alicyclic amines) is 1. The first-order chi connectivity index (χ1) is 13.1. The van der Waals surface area contributed by atoms with Crippen molar-refractivity contribution >= 4 is 17.9 Å². The Kier molecular flexibility index (Phi) is 5.64. The molecule has 1 unspecified atom stereocenters. The van der Waals surface area contributed by atoms with Crippen LogP contribution in [0.1, 0.15) is 56.8 Å². The van der Waals surface area contributed by atoms with E-state index in [0.29, 0.717) is 30.1 Å². The van der Waals surface area contributed by atoms with E-state index < -0.39 is 22.9 Å². The predicted octanol–water partition coefficient (Wildman–Crippen LogP) is 2.12. The van der Waals surface area contributed by atoms with Crippen molar-refractivity contribution < 1.29 is 13.9 Å². The average molecular weight is 409 g/mol. The van der Waals surface area contributed by atoms with Crippen molar-refractivity contribution in [1.29, 1.82) is 0 Å². The summed E-state index contributed by atoms with van der Waals surface area (Å²) in [5, 5.41) is 8.36. The maximum Gasteiger partial charge on any atom is 0.410 e. The SMILES string of the molecule is Cc1[nH]c(=O)[nH]c(=O)c1CSc1nnc(C2CCCN2C(=O)OC(C)(C)C)o1. The number of hydrogen-bond acceptors (Lipinski definition) is 8. The van der Waals surface area contributed by atoms with Gasteiger partial charge >= 0.3 is 11.8 Å². The first-order valence-corrected chi connectivity index (χ1v) is 9.90. The smallest absolute Gasteiger partial charge is 0.410 e. The van der Waals surface area contributed by atoms with E-state index in [9.17, 15) is 14.4 Å². The van der Waals surface area contributed by atoms with E-state index >= 15 is 0 Å². The Morgan fingerprint density at radius 3 is 2.75 bits per heavy atom. The Morgan fingerprint density at radius 1 is 1.32 bits per heavy atom. The second-order valence-corrected chi connectivity index (χ2v) is 8.47. The van der Waals surface area contributed by atoms with Gasteiger partial charge in [0.15, 0.2) is 0 Å². The summed E-state index contributed by atoms with van der Waals surface area (Å²) in [6, 6.07) is -0.324. The van der Waals surface area contributed by atoms with Gasteiger partial charge in [0.2, 0.25) is 5.89 Å². The molecule has 2 aromatic rings. The lowest BCUT2D eigenvalue weighted by molar-refractivity contribution is 0.0201. The van der Waals surface area contributed by atoms with Crippen LogP contribution < -0.4 is 11.2 Å². The molecule has 1 saturated heterocycles. The van der Waals surface area contributed by atoms with Gasteiger partial charge in [-0.3, -0.25) is 14.7 Å². The van der Waals surface area contributed by atoms with E-state index in [0.717, 1.165) is 6.42 Å². The van der Waals surface area contributed by atoms with E-state index in [4.69, 9.17) is 9.15 Å². The third-order valence-corrected chi connectivity index (χ3v) is 5.03. The summed E-state index contributed by atoms with van der Waals surface area (Å²) in [6.07, 6.45) is 1.13. The van der Waals surface area contributed by atoms with Gasteiger partial charge in [-0.2, -0.15) is 0 Å². The molecule has 3 rings (SSSR count). The molecule has 0 aromatic carbocycles. The summed E-state index contributed by atoms with van der Waals surface area (Å²) in [7, 11) is 0. The minimum absolute atomic E-state index is 0.264. The second-order valence-electron chi connectivity index (χ2n) is 7.54. The Bertz CT molecular complexity index is 973. The Morgan fingerprint density at radius 2 is 2.07 bits per heavy atom. The molecule has 0 spiro atoms. The molecule has 2 N–H and O–H groups in total. The fraction of sp³-hybridized carbons (Fsp3) is 0.588. The van der Waals surface area contributed by atoms with Gasteiger partial charge in [0.25, 0.3) is 10.8 Å². The summed E-state index contributed by atoms with van der Waals surface area (Å²) in [6.45, 7) is 7.67. The molecule has 0 radical (unpaired) electrons. The van der Waals surface area contributed by atoms with E-state index in [1.54, 1.807) is 11.8 Å². The highest BCUT2D eigenvalue weighted by Crippen LogP contribution is 2.34. The number of H-pyrrole nitrogens is 2. The van der Waals surface area contributed by atoms with Crippen LogP contribution in [0.4, 0.5) is 4.79 Å². The molecule has 10 nitrogen and oxygen atoms in total. The molecule has 1 fully saturated rings. The number of amides is 1. The van der Waals surface area contributed by atoms with Crippen LogP contribution in [0.15, 0.2) is 19.2 Å². The van der Waals surface area contributed by atoms with Crippen molar-refractivity contribution in [3.05, 3.63) is 38.0 Å². The fourth-order valence-corrected chi connectivity index (χ4v) is 3.77. The van der Waals surface area contributed by atoms with Crippen LogP contribution in [0.25, 0.3) is 0 Å². The van der Waals surface area contributed by atoms with Gasteiger partial charge in [0, 0.05) is 23.6 Å². The molecule has 0 bridgehead atoms. The Hall–Kier alpha value is -2.56. The molecule has 11 heteroatoms. The number of hydrogen-bond donors (Lipinski definition) is 2. The lowest BCUT2D eigenvalue weighted by atomic mass is 10.2. The molecule has 3 heterocycles. The third kappa shape index (κ3) is 4.64. The molecule has 0 saturated carbocycles. The van der Waals surface area contributed by atoms with Gasteiger partial charge in [-0.1, -0.05) is 11.8 Å². The number of aromatic nitrogens is 4. The molecule has 2 aromatic heterocycles. The molecular weight excluding hydrogens is 386 g/mol. The van der Waals surface area contributed by atoms with Crippen LogP contribution >= 0.6 is 11.8 Å². The quantitative estimate of drug-likeness (QED) is 0.733. The number of rotatable bonds is 4. The number of carbonyl (C=O) groups excluding carboxylic acids is 1. The van der Waals surface area contributed by atoms with Crippen LogP contribution in [0.5, 0.6) is 0 Å².